The first-order chi connectivity index (χ1) is 17.8. The van der Waals surface area contributed by atoms with Crippen molar-refractivity contribution in [3.63, 3.8) is 0 Å². The number of hydrazine groups is 1. The first kappa shape index (κ1) is 26.7. The van der Waals surface area contributed by atoms with Crippen LogP contribution in [0.25, 0.3) is 22.4 Å². The molecular weight excluding hydrogens is 511 g/mol. The summed E-state index contributed by atoms with van der Waals surface area (Å²) in [5.41, 5.74) is 7.04. The summed E-state index contributed by atoms with van der Waals surface area (Å²) in [5, 5.41) is 2.95. The van der Waals surface area contributed by atoms with E-state index in [1.807, 2.05) is 47.7 Å². The number of carbonyl (C=O) groups is 2. The molecule has 4 aromatic rings. The topological polar surface area (TPSA) is 76.5 Å². The van der Waals surface area contributed by atoms with Gasteiger partial charge in [0.2, 0.25) is 0 Å². The minimum Gasteiger partial charge on any atom is -0.462 e. The molecule has 4 rings (SSSR count). The Labute approximate surface area is 225 Å². The molecule has 3 aromatic carbocycles. The van der Waals surface area contributed by atoms with Gasteiger partial charge in [0.15, 0.2) is 0 Å². The van der Waals surface area contributed by atoms with Gasteiger partial charge in [0.05, 0.1) is 29.7 Å². The molecule has 37 heavy (non-hydrogen) atoms. The monoisotopic (exact) mass is 538 g/mol. The van der Waals surface area contributed by atoms with Crippen molar-refractivity contribution in [3.8, 4) is 11.4 Å². The maximum atomic E-state index is 12.6. The third-order valence-corrected chi connectivity index (χ3v) is 6.62. The predicted octanol–water partition coefficient (Wildman–Crippen LogP) is 6.22. The first-order valence-corrected chi connectivity index (χ1v) is 12.9. The van der Waals surface area contributed by atoms with Crippen molar-refractivity contribution < 1.29 is 14.3 Å². The molecule has 0 aliphatic rings. The van der Waals surface area contributed by atoms with Gasteiger partial charge in [-0.15, -0.1) is 0 Å². The van der Waals surface area contributed by atoms with Gasteiger partial charge in [-0.2, -0.15) is 0 Å². The predicted molar refractivity (Wildman–Crippen MR) is 147 cm³/mol. The second-order valence-corrected chi connectivity index (χ2v) is 9.22. The van der Waals surface area contributed by atoms with Crippen molar-refractivity contribution in [2.24, 2.45) is 0 Å². The summed E-state index contributed by atoms with van der Waals surface area (Å²) >= 11 is 12.6. The Morgan fingerprint density at radius 2 is 1.65 bits per heavy atom. The lowest BCUT2D eigenvalue weighted by molar-refractivity contribution is 0.0526. The van der Waals surface area contributed by atoms with Crippen molar-refractivity contribution in [2.75, 3.05) is 19.7 Å². The molecule has 0 spiro atoms. The summed E-state index contributed by atoms with van der Waals surface area (Å²) in [6.07, 6.45) is 0. The molecule has 0 aliphatic carbocycles. The Kier molecular flexibility index (Phi) is 8.48. The van der Waals surface area contributed by atoms with Gasteiger partial charge in [0.25, 0.3) is 5.91 Å². The standard InChI is InChI=1S/C28H28Cl2N4O3/c1-4-33(5-2)32-27(35)19-9-7-18(8-10-19)26-31-24-15-20(28(36)37-6-3)12-14-25(24)34(26)17-21-11-13-22(29)16-23(21)30/h7-16H,4-6,17H2,1-3H3,(H,32,35). The highest BCUT2D eigenvalue weighted by Crippen LogP contribution is 2.29. The van der Waals surface area contributed by atoms with Gasteiger partial charge < -0.3 is 9.30 Å². The lowest BCUT2D eigenvalue weighted by Crippen LogP contribution is -2.41. The molecule has 0 atom stereocenters. The molecule has 1 aromatic heterocycles. The highest BCUT2D eigenvalue weighted by atomic mass is 35.5. The van der Waals surface area contributed by atoms with Crippen LogP contribution in [0.2, 0.25) is 10.0 Å². The fourth-order valence-electron chi connectivity index (χ4n) is 4.03. The zero-order chi connectivity index (χ0) is 26.5. The number of fused-ring (bicyclic) bond motifs is 1. The molecule has 0 saturated carbocycles. The maximum Gasteiger partial charge on any atom is 0.338 e. The molecule has 0 aliphatic heterocycles. The number of halogens is 2. The number of rotatable bonds is 9. The molecule has 0 radical (unpaired) electrons. The molecule has 0 bridgehead atoms. The van der Waals surface area contributed by atoms with Crippen LogP contribution in [-0.4, -0.2) is 46.1 Å². The van der Waals surface area contributed by atoms with Gasteiger partial charge in [-0.1, -0.05) is 55.2 Å². The minimum atomic E-state index is -0.398. The molecular formula is C28H28Cl2N4O3. The smallest absolute Gasteiger partial charge is 0.338 e. The number of benzene rings is 3. The fraction of sp³-hybridized carbons (Fsp3) is 0.250. The Hall–Kier alpha value is -3.39. The van der Waals surface area contributed by atoms with Crippen LogP contribution in [0.4, 0.5) is 0 Å². The van der Waals surface area contributed by atoms with Crippen molar-refractivity contribution in [3.05, 3.63) is 87.4 Å². The van der Waals surface area contributed by atoms with E-state index in [0.29, 0.717) is 58.8 Å². The second kappa shape index (κ2) is 11.8. The van der Waals surface area contributed by atoms with Crippen molar-refractivity contribution in [1.82, 2.24) is 20.0 Å². The zero-order valence-corrected chi connectivity index (χ0v) is 22.4. The van der Waals surface area contributed by atoms with Crippen LogP contribution in [0.1, 0.15) is 47.1 Å². The lowest BCUT2D eigenvalue weighted by Gasteiger charge is -2.19. The van der Waals surface area contributed by atoms with Crippen LogP contribution in [0, 0.1) is 0 Å². The molecule has 1 heterocycles. The number of nitrogens with zero attached hydrogens (tertiary/aromatic N) is 3. The molecule has 9 heteroatoms. The van der Waals surface area contributed by atoms with Crippen molar-refractivity contribution in [1.29, 1.82) is 0 Å². The molecule has 7 nitrogen and oxygen atoms in total. The summed E-state index contributed by atoms with van der Waals surface area (Å²) in [4.78, 5) is 29.8. The minimum absolute atomic E-state index is 0.171. The molecule has 192 valence electrons. The van der Waals surface area contributed by atoms with Crippen LogP contribution >= 0.6 is 23.2 Å². The van der Waals surface area contributed by atoms with E-state index in [-0.39, 0.29) is 5.91 Å². The van der Waals surface area contributed by atoms with Crippen molar-refractivity contribution >= 4 is 46.1 Å². The third kappa shape index (κ3) is 5.96. The number of esters is 1. The average molecular weight is 539 g/mol. The highest BCUT2D eigenvalue weighted by Gasteiger charge is 2.18. The molecule has 0 saturated heterocycles. The van der Waals surface area contributed by atoms with Gasteiger partial charge in [-0.05, 0) is 55.0 Å². The third-order valence-electron chi connectivity index (χ3n) is 6.03. The van der Waals surface area contributed by atoms with Gasteiger partial charge in [0, 0.05) is 34.3 Å². The van der Waals surface area contributed by atoms with Gasteiger partial charge in [0.1, 0.15) is 5.82 Å². The first-order valence-electron chi connectivity index (χ1n) is 12.1. The number of ether oxygens (including phenoxy) is 1. The number of hydrogen-bond donors (Lipinski definition) is 1. The largest absolute Gasteiger partial charge is 0.462 e. The average Bonchev–Trinajstić information content (AvgIpc) is 3.26. The Morgan fingerprint density at radius 3 is 2.30 bits per heavy atom. The Morgan fingerprint density at radius 1 is 0.946 bits per heavy atom. The second-order valence-electron chi connectivity index (χ2n) is 8.37. The summed E-state index contributed by atoms with van der Waals surface area (Å²) in [6, 6.07) is 18.0. The number of amides is 1. The summed E-state index contributed by atoms with van der Waals surface area (Å²) in [6.45, 7) is 7.89. The Bertz CT molecular complexity index is 1430. The molecule has 1 amide bonds. The van der Waals surface area contributed by atoms with E-state index in [0.717, 1.165) is 16.6 Å². The molecule has 0 unspecified atom stereocenters. The fourth-order valence-corrected chi connectivity index (χ4v) is 4.50. The van der Waals surface area contributed by atoms with E-state index in [2.05, 4.69) is 5.43 Å². The number of imidazole rings is 1. The zero-order valence-electron chi connectivity index (χ0n) is 20.9. The van der Waals surface area contributed by atoms with Crippen LogP contribution < -0.4 is 5.43 Å². The van der Waals surface area contributed by atoms with Gasteiger partial charge in [-0.3, -0.25) is 10.2 Å². The van der Waals surface area contributed by atoms with E-state index in [1.54, 1.807) is 43.3 Å². The highest BCUT2D eigenvalue weighted by molar-refractivity contribution is 6.35. The quantitative estimate of drug-likeness (QED) is 0.202. The summed E-state index contributed by atoms with van der Waals surface area (Å²) in [7, 11) is 0. The summed E-state index contributed by atoms with van der Waals surface area (Å²) < 4.78 is 7.19. The van der Waals surface area contributed by atoms with E-state index in [4.69, 9.17) is 32.9 Å². The van der Waals surface area contributed by atoms with Crippen LogP contribution in [0.5, 0.6) is 0 Å². The lowest BCUT2D eigenvalue weighted by atomic mass is 10.1. The van der Waals surface area contributed by atoms with Crippen LogP contribution in [-0.2, 0) is 11.3 Å². The van der Waals surface area contributed by atoms with Gasteiger partial charge >= 0.3 is 5.97 Å². The van der Waals surface area contributed by atoms with E-state index >= 15 is 0 Å². The van der Waals surface area contributed by atoms with E-state index < -0.39 is 5.97 Å². The van der Waals surface area contributed by atoms with Gasteiger partial charge in [-0.25, -0.2) is 14.8 Å². The normalized spacial score (nSPS) is 11.2. The van der Waals surface area contributed by atoms with Crippen LogP contribution in [0.15, 0.2) is 60.7 Å². The molecule has 1 N–H and O–H groups in total. The number of carbonyl (C=O) groups excluding carboxylic acids is 2. The number of nitrogens with one attached hydrogen (secondary N) is 1. The van der Waals surface area contributed by atoms with Crippen LogP contribution in [0.3, 0.4) is 0 Å². The number of aromatic nitrogens is 2. The maximum absolute atomic E-state index is 12.6. The van der Waals surface area contributed by atoms with E-state index in [9.17, 15) is 9.59 Å². The van der Waals surface area contributed by atoms with E-state index in [1.165, 1.54) is 0 Å². The Balaban J connectivity index is 1.76. The summed E-state index contributed by atoms with van der Waals surface area (Å²) in [5.74, 6) is 0.110. The SMILES string of the molecule is CCOC(=O)c1ccc2c(c1)nc(-c1ccc(C(=O)NN(CC)CC)cc1)n2Cc1ccc(Cl)cc1Cl. The van der Waals surface area contributed by atoms with Crippen molar-refractivity contribution in [2.45, 2.75) is 27.3 Å². The number of hydrogen-bond acceptors (Lipinski definition) is 5. The molecule has 0 fully saturated rings.